The minimum absolute atomic E-state index is 0.0248. The van der Waals surface area contributed by atoms with Gasteiger partial charge in [0.25, 0.3) is 0 Å². The average molecular weight is 232 g/mol. The van der Waals surface area contributed by atoms with Crippen LogP contribution in [0.2, 0.25) is 0 Å². The molecule has 0 bridgehead atoms. The maximum atomic E-state index is 11.4. The number of rotatable bonds is 3. The first-order valence-electron chi connectivity index (χ1n) is 4.72. The maximum absolute atomic E-state index is 11.4. The summed E-state index contributed by atoms with van der Waals surface area (Å²) >= 11 is 0. The number of carboxylic acid groups (broad SMARTS) is 1. The van der Waals surface area contributed by atoms with E-state index in [2.05, 4.69) is 15.0 Å². The summed E-state index contributed by atoms with van der Waals surface area (Å²) in [5.74, 6) is -1.13. The number of carboxylic acids is 1. The third kappa shape index (κ3) is 2.33. The van der Waals surface area contributed by atoms with Crippen LogP contribution in [0.3, 0.4) is 0 Å². The Hall–Kier alpha value is -2.57. The van der Waals surface area contributed by atoms with E-state index in [4.69, 9.17) is 5.11 Å². The molecule has 0 aromatic carbocycles. The molecule has 0 saturated carbocycles. The minimum atomic E-state index is -1.13. The molecule has 2 aromatic rings. The van der Waals surface area contributed by atoms with Crippen LogP contribution in [0.25, 0.3) is 0 Å². The van der Waals surface area contributed by atoms with Gasteiger partial charge >= 0.3 is 11.7 Å². The standard InChI is InChI=1S/C10H8N4O3/c15-9(16)7-4-11-6-13-8(7)5-14-3-1-2-12-10(14)17/h1-4,6H,5H2,(H,15,16). The molecule has 0 unspecified atom stereocenters. The van der Waals surface area contributed by atoms with E-state index >= 15 is 0 Å². The maximum Gasteiger partial charge on any atom is 0.347 e. The van der Waals surface area contributed by atoms with Crippen LogP contribution in [0, 0.1) is 0 Å². The number of nitrogens with zero attached hydrogens (tertiary/aromatic N) is 4. The predicted molar refractivity (Wildman–Crippen MR) is 56.6 cm³/mol. The molecule has 17 heavy (non-hydrogen) atoms. The summed E-state index contributed by atoms with van der Waals surface area (Å²) in [6.07, 6.45) is 5.33. The lowest BCUT2D eigenvalue weighted by atomic mass is 10.2. The van der Waals surface area contributed by atoms with Crippen LogP contribution >= 0.6 is 0 Å². The lowest BCUT2D eigenvalue weighted by Crippen LogP contribution is -2.23. The predicted octanol–water partition coefficient (Wildman–Crippen LogP) is -0.220. The summed E-state index contributed by atoms with van der Waals surface area (Å²) in [6.45, 7) is 0.0524. The largest absolute Gasteiger partial charge is 0.478 e. The van der Waals surface area contributed by atoms with Crippen LogP contribution in [-0.4, -0.2) is 30.6 Å². The first-order chi connectivity index (χ1) is 8.18. The van der Waals surface area contributed by atoms with Crippen molar-refractivity contribution in [1.29, 1.82) is 0 Å². The Morgan fingerprint density at radius 2 is 2.24 bits per heavy atom. The van der Waals surface area contributed by atoms with Gasteiger partial charge in [0.15, 0.2) is 0 Å². The molecule has 1 N–H and O–H groups in total. The molecule has 0 radical (unpaired) electrons. The zero-order valence-corrected chi connectivity index (χ0v) is 8.65. The Morgan fingerprint density at radius 3 is 2.94 bits per heavy atom. The quantitative estimate of drug-likeness (QED) is 0.785. The zero-order chi connectivity index (χ0) is 12.3. The van der Waals surface area contributed by atoms with E-state index in [0.717, 1.165) is 0 Å². The van der Waals surface area contributed by atoms with Crippen LogP contribution in [-0.2, 0) is 6.54 Å². The topological polar surface area (TPSA) is 98.0 Å². The molecule has 2 aromatic heterocycles. The fourth-order valence-electron chi connectivity index (χ4n) is 1.33. The Labute approximate surface area is 95.4 Å². The van der Waals surface area contributed by atoms with Gasteiger partial charge in [0.2, 0.25) is 0 Å². The molecule has 7 heteroatoms. The molecular weight excluding hydrogens is 224 g/mol. The summed E-state index contributed by atoms with van der Waals surface area (Å²) in [5, 5.41) is 8.93. The summed E-state index contributed by atoms with van der Waals surface area (Å²) in [7, 11) is 0. The highest BCUT2D eigenvalue weighted by Gasteiger charge is 2.12. The second-order valence-electron chi connectivity index (χ2n) is 3.22. The average Bonchev–Trinajstić information content (AvgIpc) is 2.32. The normalized spacial score (nSPS) is 10.1. The van der Waals surface area contributed by atoms with Gasteiger partial charge in [-0.1, -0.05) is 0 Å². The van der Waals surface area contributed by atoms with E-state index in [1.54, 1.807) is 6.07 Å². The smallest absolute Gasteiger partial charge is 0.347 e. The molecule has 7 nitrogen and oxygen atoms in total. The van der Waals surface area contributed by atoms with Crippen molar-refractivity contribution < 1.29 is 9.90 Å². The molecule has 86 valence electrons. The molecule has 0 aliphatic rings. The molecule has 0 saturated heterocycles. The highest BCUT2D eigenvalue weighted by molar-refractivity contribution is 5.88. The third-order valence-corrected chi connectivity index (χ3v) is 2.13. The number of aromatic carboxylic acids is 1. The second-order valence-corrected chi connectivity index (χ2v) is 3.22. The highest BCUT2D eigenvalue weighted by atomic mass is 16.4. The second kappa shape index (κ2) is 4.52. The van der Waals surface area contributed by atoms with Crippen LogP contribution in [0.1, 0.15) is 16.1 Å². The fraction of sp³-hybridized carbons (Fsp3) is 0.100. The van der Waals surface area contributed by atoms with Gasteiger partial charge in [-0.25, -0.2) is 24.5 Å². The van der Waals surface area contributed by atoms with E-state index in [1.807, 2.05) is 0 Å². The molecule has 2 rings (SSSR count). The first-order valence-corrected chi connectivity index (χ1v) is 4.72. The summed E-state index contributed by atoms with van der Waals surface area (Å²) in [4.78, 5) is 33.3. The van der Waals surface area contributed by atoms with Crippen LogP contribution in [0.4, 0.5) is 0 Å². The van der Waals surface area contributed by atoms with E-state index in [1.165, 1.54) is 29.5 Å². The zero-order valence-electron chi connectivity index (χ0n) is 8.65. The lowest BCUT2D eigenvalue weighted by Gasteiger charge is -2.05. The van der Waals surface area contributed by atoms with Crippen molar-refractivity contribution in [2.24, 2.45) is 0 Å². The Bertz CT molecular complexity index is 608. The Kier molecular flexibility index (Phi) is 2.91. The summed E-state index contributed by atoms with van der Waals surface area (Å²) < 4.78 is 1.27. The van der Waals surface area contributed by atoms with Crippen molar-refractivity contribution in [3.63, 3.8) is 0 Å². The molecule has 0 aliphatic heterocycles. The van der Waals surface area contributed by atoms with Gasteiger partial charge in [-0.2, -0.15) is 0 Å². The lowest BCUT2D eigenvalue weighted by molar-refractivity contribution is 0.0694. The van der Waals surface area contributed by atoms with Crippen molar-refractivity contribution in [2.45, 2.75) is 6.54 Å². The molecule has 0 spiro atoms. The molecule has 2 heterocycles. The highest BCUT2D eigenvalue weighted by Crippen LogP contribution is 2.04. The van der Waals surface area contributed by atoms with Gasteiger partial charge in [0.05, 0.1) is 12.2 Å². The van der Waals surface area contributed by atoms with E-state index in [0.29, 0.717) is 0 Å². The Balaban J connectivity index is 2.40. The van der Waals surface area contributed by atoms with Crippen molar-refractivity contribution in [3.8, 4) is 0 Å². The number of hydrogen-bond acceptors (Lipinski definition) is 5. The van der Waals surface area contributed by atoms with Crippen LogP contribution < -0.4 is 5.69 Å². The Morgan fingerprint density at radius 1 is 1.41 bits per heavy atom. The van der Waals surface area contributed by atoms with Crippen molar-refractivity contribution in [1.82, 2.24) is 19.5 Å². The molecule has 0 atom stereocenters. The van der Waals surface area contributed by atoms with Gasteiger partial charge in [0.1, 0.15) is 11.9 Å². The molecule has 0 aliphatic carbocycles. The van der Waals surface area contributed by atoms with E-state index in [9.17, 15) is 9.59 Å². The molecular formula is C10H8N4O3. The van der Waals surface area contributed by atoms with Crippen molar-refractivity contribution in [2.75, 3.05) is 0 Å². The van der Waals surface area contributed by atoms with Crippen LogP contribution in [0.5, 0.6) is 0 Å². The summed E-state index contributed by atoms with van der Waals surface area (Å²) in [6, 6.07) is 1.59. The van der Waals surface area contributed by atoms with Gasteiger partial charge < -0.3 is 5.11 Å². The monoisotopic (exact) mass is 232 g/mol. The van der Waals surface area contributed by atoms with Gasteiger partial charge in [-0.15, -0.1) is 0 Å². The summed E-state index contributed by atoms with van der Waals surface area (Å²) in [5.41, 5.74) is -0.215. The number of carbonyl (C=O) groups is 1. The minimum Gasteiger partial charge on any atom is -0.478 e. The molecule has 0 fully saturated rings. The fourth-order valence-corrected chi connectivity index (χ4v) is 1.33. The van der Waals surface area contributed by atoms with Crippen LogP contribution in [0.15, 0.2) is 35.8 Å². The number of hydrogen-bond donors (Lipinski definition) is 1. The van der Waals surface area contributed by atoms with E-state index < -0.39 is 11.7 Å². The first kappa shape index (κ1) is 10.9. The van der Waals surface area contributed by atoms with Gasteiger partial charge in [-0.3, -0.25) is 4.57 Å². The number of aromatic nitrogens is 4. The van der Waals surface area contributed by atoms with Gasteiger partial charge in [-0.05, 0) is 6.07 Å². The van der Waals surface area contributed by atoms with E-state index in [-0.39, 0.29) is 17.8 Å². The third-order valence-electron chi connectivity index (χ3n) is 2.13. The molecule has 0 amide bonds. The van der Waals surface area contributed by atoms with Crippen molar-refractivity contribution in [3.05, 3.63) is 52.7 Å². The SMILES string of the molecule is O=C(O)c1cncnc1Cn1cccnc1=O. The van der Waals surface area contributed by atoms with Gasteiger partial charge in [0, 0.05) is 18.6 Å². The van der Waals surface area contributed by atoms with Crippen molar-refractivity contribution >= 4 is 5.97 Å².